The quantitative estimate of drug-likeness (QED) is 0.631. The lowest BCUT2D eigenvalue weighted by Gasteiger charge is -2.09. The van der Waals surface area contributed by atoms with Gasteiger partial charge in [0.2, 0.25) is 0 Å². The molecule has 6 nitrogen and oxygen atoms in total. The maximum Gasteiger partial charge on any atom is 0.282 e. The molecule has 0 amide bonds. The molecule has 0 bridgehead atoms. The zero-order valence-electron chi connectivity index (χ0n) is 15.6. The van der Waals surface area contributed by atoms with E-state index in [0.29, 0.717) is 12.0 Å². The summed E-state index contributed by atoms with van der Waals surface area (Å²) in [7, 11) is 0. The zero-order valence-corrected chi connectivity index (χ0v) is 16.4. The first kappa shape index (κ1) is 17.7. The van der Waals surface area contributed by atoms with Gasteiger partial charge in [-0.1, -0.05) is 6.92 Å². The highest BCUT2D eigenvalue weighted by Crippen LogP contribution is 2.34. The minimum absolute atomic E-state index is 0.155. The molecule has 0 saturated heterocycles. The number of hydrogen-bond donors (Lipinski definition) is 0. The third-order valence-electron chi connectivity index (χ3n) is 4.48. The van der Waals surface area contributed by atoms with Crippen molar-refractivity contribution in [3.05, 3.63) is 50.9 Å². The van der Waals surface area contributed by atoms with Gasteiger partial charge in [0, 0.05) is 22.4 Å². The van der Waals surface area contributed by atoms with Crippen LogP contribution < -0.4 is 15.0 Å². The molecule has 1 aromatic carbocycles. The van der Waals surface area contributed by atoms with E-state index in [4.69, 9.17) is 9.47 Å². The smallest absolute Gasteiger partial charge is 0.282 e. The molecule has 1 atom stereocenters. The summed E-state index contributed by atoms with van der Waals surface area (Å²) in [6, 6.07) is 5.82. The molecular weight excluding hydrogens is 362 g/mol. The van der Waals surface area contributed by atoms with Crippen LogP contribution in [0.5, 0.6) is 11.5 Å². The van der Waals surface area contributed by atoms with E-state index in [1.54, 1.807) is 17.6 Å². The summed E-state index contributed by atoms with van der Waals surface area (Å²) < 4.78 is 12.9. The Morgan fingerprint density at radius 1 is 1.41 bits per heavy atom. The fourth-order valence-corrected chi connectivity index (χ4v) is 4.11. The van der Waals surface area contributed by atoms with E-state index in [1.807, 2.05) is 32.0 Å². The fraction of sp³-hybridized carbons (Fsp3) is 0.350. The minimum Gasteiger partial charge on any atom is -0.493 e. The maximum absolute atomic E-state index is 12.7. The molecule has 0 unspecified atom stereocenters. The Bertz CT molecular complexity index is 1080. The van der Waals surface area contributed by atoms with Gasteiger partial charge < -0.3 is 9.47 Å². The van der Waals surface area contributed by atoms with Crippen LogP contribution in [0.3, 0.4) is 0 Å². The van der Waals surface area contributed by atoms with Crippen LogP contribution in [0.25, 0.3) is 10.2 Å². The number of thiophene rings is 1. The summed E-state index contributed by atoms with van der Waals surface area (Å²) in [4.78, 5) is 18.9. The second-order valence-electron chi connectivity index (χ2n) is 6.49. The number of hydrogen-bond acceptors (Lipinski definition) is 6. The predicted molar refractivity (Wildman–Crippen MR) is 108 cm³/mol. The Balaban J connectivity index is 1.72. The lowest BCUT2D eigenvalue weighted by molar-refractivity contribution is 0.254. The molecule has 0 spiro atoms. The third kappa shape index (κ3) is 3.35. The topological polar surface area (TPSA) is 65.7 Å². The van der Waals surface area contributed by atoms with E-state index >= 15 is 0 Å². The fourth-order valence-electron chi connectivity index (χ4n) is 3.18. The first-order valence-corrected chi connectivity index (χ1v) is 9.91. The van der Waals surface area contributed by atoms with Crippen LogP contribution in [0.4, 0.5) is 0 Å². The molecular formula is C20H21N3O3S. The van der Waals surface area contributed by atoms with Crippen molar-refractivity contribution in [2.45, 2.75) is 39.7 Å². The number of nitrogens with zero attached hydrogens (tertiary/aromatic N) is 3. The van der Waals surface area contributed by atoms with Crippen molar-refractivity contribution < 1.29 is 9.47 Å². The van der Waals surface area contributed by atoms with Gasteiger partial charge in [-0.2, -0.15) is 9.78 Å². The summed E-state index contributed by atoms with van der Waals surface area (Å²) >= 11 is 1.54. The van der Waals surface area contributed by atoms with Crippen molar-refractivity contribution in [1.82, 2.24) is 9.66 Å². The van der Waals surface area contributed by atoms with Crippen molar-refractivity contribution in [2.75, 3.05) is 6.61 Å². The van der Waals surface area contributed by atoms with Gasteiger partial charge in [0.05, 0.1) is 18.2 Å². The Morgan fingerprint density at radius 2 is 2.26 bits per heavy atom. The zero-order chi connectivity index (χ0) is 19.0. The Hall–Kier alpha value is -2.67. The van der Waals surface area contributed by atoms with Gasteiger partial charge >= 0.3 is 0 Å². The largest absolute Gasteiger partial charge is 0.493 e. The normalized spacial score (nSPS) is 16.0. The first-order chi connectivity index (χ1) is 13.1. The molecule has 0 aliphatic carbocycles. The van der Waals surface area contributed by atoms with E-state index in [-0.39, 0.29) is 11.7 Å². The molecule has 0 radical (unpaired) electrons. The second-order valence-corrected chi connectivity index (χ2v) is 7.60. The van der Waals surface area contributed by atoms with Crippen LogP contribution in [0.15, 0.2) is 34.4 Å². The van der Waals surface area contributed by atoms with E-state index in [2.05, 4.69) is 17.0 Å². The first-order valence-electron chi connectivity index (χ1n) is 9.09. The van der Waals surface area contributed by atoms with Crippen LogP contribution >= 0.6 is 11.3 Å². The van der Waals surface area contributed by atoms with E-state index in [1.165, 1.54) is 11.0 Å². The van der Waals surface area contributed by atoms with Crippen LogP contribution in [-0.2, 0) is 12.8 Å². The Labute approximate surface area is 161 Å². The second kappa shape index (κ2) is 7.15. The molecule has 0 N–H and O–H groups in total. The summed E-state index contributed by atoms with van der Waals surface area (Å²) in [6.07, 6.45) is 4.99. The predicted octanol–water partition coefficient (Wildman–Crippen LogP) is 3.62. The molecule has 0 saturated carbocycles. The van der Waals surface area contributed by atoms with Crippen LogP contribution in [0, 0.1) is 0 Å². The van der Waals surface area contributed by atoms with E-state index < -0.39 is 0 Å². The third-order valence-corrected chi connectivity index (χ3v) is 5.67. The lowest BCUT2D eigenvalue weighted by atomic mass is 10.1. The minimum atomic E-state index is -0.170. The number of ether oxygens (including phenoxy) is 2. The summed E-state index contributed by atoms with van der Waals surface area (Å²) in [5.74, 6) is 1.59. The average molecular weight is 383 g/mol. The molecule has 0 fully saturated rings. The highest BCUT2D eigenvalue weighted by atomic mass is 32.1. The molecule has 4 rings (SSSR count). The van der Waals surface area contributed by atoms with Crippen LogP contribution in [-0.4, -0.2) is 28.6 Å². The molecule has 3 aromatic rings. The van der Waals surface area contributed by atoms with E-state index in [9.17, 15) is 4.79 Å². The molecule has 140 valence electrons. The number of rotatable bonds is 5. The van der Waals surface area contributed by atoms with Gasteiger partial charge in [-0.3, -0.25) is 4.79 Å². The van der Waals surface area contributed by atoms with Gasteiger partial charge in [-0.15, -0.1) is 11.3 Å². The van der Waals surface area contributed by atoms with Gasteiger partial charge in [0.15, 0.2) is 0 Å². The standard InChI is InChI=1S/C20H21N3O3S/c1-4-15-9-16-19(27-15)21-11-23(20(16)24)22-10-14-8-18-13(6-12(3)26-18)7-17(14)25-5-2/h7-12H,4-6H2,1-3H3/b22-10-/t12-/m1/s1. The lowest BCUT2D eigenvalue weighted by Crippen LogP contribution is -2.16. The van der Waals surface area contributed by atoms with Crippen molar-refractivity contribution in [1.29, 1.82) is 0 Å². The van der Waals surface area contributed by atoms with Gasteiger partial charge in [0.1, 0.15) is 28.8 Å². The molecule has 1 aliphatic heterocycles. The summed E-state index contributed by atoms with van der Waals surface area (Å²) in [6.45, 7) is 6.60. The van der Waals surface area contributed by atoms with Crippen molar-refractivity contribution in [3.8, 4) is 11.5 Å². The number of benzene rings is 1. The molecule has 3 heterocycles. The summed E-state index contributed by atoms with van der Waals surface area (Å²) in [5.41, 5.74) is 1.74. The average Bonchev–Trinajstić information content (AvgIpc) is 3.23. The number of aromatic nitrogens is 2. The van der Waals surface area contributed by atoms with Crippen LogP contribution in [0.2, 0.25) is 0 Å². The van der Waals surface area contributed by atoms with Crippen molar-refractivity contribution in [3.63, 3.8) is 0 Å². The molecule has 1 aliphatic rings. The summed E-state index contributed by atoms with van der Waals surface area (Å²) in [5, 5.41) is 4.94. The monoisotopic (exact) mass is 383 g/mol. The Morgan fingerprint density at radius 3 is 3.04 bits per heavy atom. The maximum atomic E-state index is 12.7. The highest BCUT2D eigenvalue weighted by Gasteiger charge is 2.21. The molecule has 27 heavy (non-hydrogen) atoms. The molecule has 2 aromatic heterocycles. The van der Waals surface area contributed by atoms with Gasteiger partial charge in [-0.25, -0.2) is 4.98 Å². The SMILES string of the molecule is CCOc1cc2c(cc1/C=N\n1cnc3sc(CC)cc3c1=O)O[C@H](C)C2. The van der Waals surface area contributed by atoms with E-state index in [0.717, 1.165) is 45.2 Å². The highest BCUT2D eigenvalue weighted by molar-refractivity contribution is 7.18. The number of fused-ring (bicyclic) bond motifs is 2. The van der Waals surface area contributed by atoms with Crippen molar-refractivity contribution >= 4 is 27.8 Å². The Kier molecular flexibility index (Phi) is 4.70. The van der Waals surface area contributed by atoms with Gasteiger partial charge in [-0.05, 0) is 38.5 Å². The van der Waals surface area contributed by atoms with Crippen molar-refractivity contribution in [2.24, 2.45) is 5.10 Å². The molecule has 7 heteroatoms. The van der Waals surface area contributed by atoms with Crippen LogP contribution in [0.1, 0.15) is 36.8 Å². The van der Waals surface area contributed by atoms with Gasteiger partial charge in [0.25, 0.3) is 5.56 Å². The number of aryl methyl sites for hydroxylation is 1.